The van der Waals surface area contributed by atoms with E-state index in [9.17, 15) is 13.2 Å². The van der Waals surface area contributed by atoms with Gasteiger partial charge in [-0.05, 0) is 70.2 Å². The first-order chi connectivity index (χ1) is 14.9. The first-order valence-electron chi connectivity index (χ1n) is 10.0. The number of rotatable bonds is 6. The summed E-state index contributed by atoms with van der Waals surface area (Å²) in [6, 6.07) is 14.4. The van der Waals surface area contributed by atoms with Gasteiger partial charge in [-0.15, -0.1) is 0 Å². The van der Waals surface area contributed by atoms with E-state index in [0.29, 0.717) is 17.3 Å². The molecule has 0 aliphatic rings. The standard InChI is InChI=1S/C23H28N4O4S/c1-16-14-21(27(25-16)23(2,3)4)24-22(28)17-8-7-9-20(15-17)32(29,30)26(5)18-10-12-19(31-6)13-11-18/h7-15H,1-6H3,(H,24,28). The lowest BCUT2D eigenvalue weighted by atomic mass is 10.1. The predicted octanol–water partition coefficient (Wildman–Crippen LogP) is 4.03. The highest BCUT2D eigenvalue weighted by atomic mass is 32.2. The maximum absolute atomic E-state index is 13.2. The molecule has 0 radical (unpaired) electrons. The summed E-state index contributed by atoms with van der Waals surface area (Å²) in [5.41, 5.74) is 1.15. The normalized spacial score (nSPS) is 11.8. The van der Waals surface area contributed by atoms with Crippen LogP contribution in [0.5, 0.6) is 5.75 Å². The largest absolute Gasteiger partial charge is 0.497 e. The zero-order valence-corrected chi connectivity index (χ0v) is 19.9. The Hall–Kier alpha value is -3.33. The predicted molar refractivity (Wildman–Crippen MR) is 125 cm³/mol. The zero-order valence-electron chi connectivity index (χ0n) is 19.1. The summed E-state index contributed by atoms with van der Waals surface area (Å²) >= 11 is 0. The molecule has 0 saturated heterocycles. The van der Waals surface area contributed by atoms with E-state index in [-0.39, 0.29) is 16.0 Å². The van der Waals surface area contributed by atoms with Gasteiger partial charge in [0, 0.05) is 18.7 Å². The fourth-order valence-corrected chi connectivity index (χ4v) is 4.42. The zero-order chi connectivity index (χ0) is 23.7. The highest BCUT2D eigenvalue weighted by Gasteiger charge is 2.24. The monoisotopic (exact) mass is 456 g/mol. The van der Waals surface area contributed by atoms with Gasteiger partial charge >= 0.3 is 0 Å². The molecule has 1 N–H and O–H groups in total. The summed E-state index contributed by atoms with van der Waals surface area (Å²) in [4.78, 5) is 12.9. The van der Waals surface area contributed by atoms with Crippen LogP contribution in [0.2, 0.25) is 0 Å². The molecule has 0 fully saturated rings. The number of carbonyl (C=O) groups excluding carboxylic acids is 1. The minimum atomic E-state index is -3.87. The molecule has 1 heterocycles. The van der Waals surface area contributed by atoms with E-state index in [1.165, 1.54) is 23.5 Å². The number of hydrogen-bond donors (Lipinski definition) is 1. The van der Waals surface area contributed by atoms with E-state index in [2.05, 4.69) is 10.4 Å². The van der Waals surface area contributed by atoms with Gasteiger partial charge < -0.3 is 10.1 Å². The number of aromatic nitrogens is 2. The Kier molecular flexibility index (Phi) is 6.32. The van der Waals surface area contributed by atoms with Crippen molar-refractivity contribution in [2.24, 2.45) is 0 Å². The molecule has 8 nitrogen and oxygen atoms in total. The Labute approximate surface area is 188 Å². The van der Waals surface area contributed by atoms with Crippen molar-refractivity contribution < 1.29 is 17.9 Å². The summed E-state index contributed by atoms with van der Waals surface area (Å²) < 4.78 is 34.3. The van der Waals surface area contributed by atoms with Crippen molar-refractivity contribution in [2.75, 3.05) is 23.8 Å². The van der Waals surface area contributed by atoms with Crippen LogP contribution in [-0.2, 0) is 15.6 Å². The van der Waals surface area contributed by atoms with Crippen LogP contribution in [0.25, 0.3) is 0 Å². The van der Waals surface area contributed by atoms with Crippen molar-refractivity contribution in [3.05, 3.63) is 65.9 Å². The van der Waals surface area contributed by atoms with Crippen molar-refractivity contribution in [1.82, 2.24) is 9.78 Å². The Morgan fingerprint density at radius 3 is 2.34 bits per heavy atom. The second-order valence-corrected chi connectivity index (χ2v) is 10.4. The van der Waals surface area contributed by atoms with Crippen LogP contribution in [0.4, 0.5) is 11.5 Å². The van der Waals surface area contributed by atoms with Crippen LogP contribution in [-0.4, -0.2) is 38.3 Å². The third kappa shape index (κ3) is 4.77. The fraction of sp³-hybridized carbons (Fsp3) is 0.304. The van der Waals surface area contributed by atoms with Crippen LogP contribution < -0.4 is 14.4 Å². The third-order valence-corrected chi connectivity index (χ3v) is 6.68. The first-order valence-corrected chi connectivity index (χ1v) is 11.5. The molecule has 1 amide bonds. The highest BCUT2D eigenvalue weighted by Crippen LogP contribution is 2.26. The molecule has 0 bridgehead atoms. The van der Waals surface area contributed by atoms with Crippen molar-refractivity contribution in [1.29, 1.82) is 0 Å². The van der Waals surface area contributed by atoms with Gasteiger partial charge in [-0.1, -0.05) is 6.07 Å². The number of anilines is 2. The van der Waals surface area contributed by atoms with Crippen molar-refractivity contribution >= 4 is 27.4 Å². The number of carbonyl (C=O) groups is 1. The summed E-state index contributed by atoms with van der Waals surface area (Å²) in [5, 5.41) is 7.29. The van der Waals surface area contributed by atoms with E-state index in [1.807, 2.05) is 27.7 Å². The van der Waals surface area contributed by atoms with Crippen molar-refractivity contribution in [2.45, 2.75) is 38.1 Å². The Bertz CT molecular complexity index is 1230. The number of benzene rings is 2. The smallest absolute Gasteiger partial charge is 0.264 e. The molecular formula is C23H28N4O4S. The van der Waals surface area contributed by atoms with Gasteiger partial charge in [-0.2, -0.15) is 5.10 Å². The van der Waals surface area contributed by atoms with Gasteiger partial charge in [-0.3, -0.25) is 9.10 Å². The van der Waals surface area contributed by atoms with Gasteiger partial charge in [-0.25, -0.2) is 13.1 Å². The van der Waals surface area contributed by atoms with Crippen LogP contribution in [0, 0.1) is 6.92 Å². The van der Waals surface area contributed by atoms with E-state index >= 15 is 0 Å². The van der Waals surface area contributed by atoms with Crippen LogP contribution >= 0.6 is 0 Å². The molecule has 3 rings (SSSR count). The molecular weight excluding hydrogens is 428 g/mol. The highest BCUT2D eigenvalue weighted by molar-refractivity contribution is 7.92. The number of nitrogens with one attached hydrogen (secondary N) is 1. The van der Waals surface area contributed by atoms with Gasteiger partial charge in [0.05, 0.1) is 28.9 Å². The van der Waals surface area contributed by atoms with E-state index in [0.717, 1.165) is 5.69 Å². The minimum Gasteiger partial charge on any atom is -0.497 e. The number of aryl methyl sites for hydroxylation is 1. The van der Waals surface area contributed by atoms with Crippen molar-refractivity contribution in [3.8, 4) is 5.75 Å². The lowest BCUT2D eigenvalue weighted by molar-refractivity contribution is 0.102. The molecule has 0 aliphatic carbocycles. The van der Waals surface area contributed by atoms with Gasteiger partial charge in [0.15, 0.2) is 0 Å². The lowest BCUT2D eigenvalue weighted by Crippen LogP contribution is -2.28. The Morgan fingerprint density at radius 1 is 1.09 bits per heavy atom. The minimum absolute atomic E-state index is 0.0176. The van der Waals surface area contributed by atoms with E-state index in [4.69, 9.17) is 4.74 Å². The van der Waals surface area contributed by atoms with Gasteiger partial charge in [0.25, 0.3) is 15.9 Å². The Balaban J connectivity index is 1.88. The summed E-state index contributed by atoms with van der Waals surface area (Å²) in [7, 11) is -0.863. The second-order valence-electron chi connectivity index (χ2n) is 8.41. The molecule has 0 spiro atoms. The third-order valence-electron chi connectivity index (χ3n) is 4.90. The molecule has 9 heteroatoms. The number of nitrogens with zero attached hydrogens (tertiary/aromatic N) is 3. The molecule has 2 aromatic carbocycles. The van der Waals surface area contributed by atoms with Crippen molar-refractivity contribution in [3.63, 3.8) is 0 Å². The van der Waals surface area contributed by atoms with Crippen LogP contribution in [0.3, 0.4) is 0 Å². The number of hydrogen-bond acceptors (Lipinski definition) is 5. The van der Waals surface area contributed by atoms with E-state index in [1.54, 1.807) is 54.3 Å². The maximum Gasteiger partial charge on any atom is 0.264 e. The summed E-state index contributed by atoms with van der Waals surface area (Å²) in [6.07, 6.45) is 0. The Morgan fingerprint density at radius 2 is 1.75 bits per heavy atom. The molecule has 0 atom stereocenters. The summed E-state index contributed by atoms with van der Waals surface area (Å²) in [6.45, 7) is 7.80. The average Bonchev–Trinajstić information content (AvgIpc) is 3.13. The molecule has 32 heavy (non-hydrogen) atoms. The fourth-order valence-electron chi connectivity index (χ4n) is 3.18. The average molecular weight is 457 g/mol. The molecule has 0 unspecified atom stereocenters. The van der Waals surface area contributed by atoms with Gasteiger partial charge in [0.1, 0.15) is 11.6 Å². The molecule has 0 aliphatic heterocycles. The maximum atomic E-state index is 13.2. The first kappa shape index (κ1) is 23.3. The lowest BCUT2D eigenvalue weighted by Gasteiger charge is -2.22. The van der Waals surface area contributed by atoms with E-state index < -0.39 is 15.9 Å². The number of amides is 1. The number of ether oxygens (including phenoxy) is 1. The molecule has 170 valence electrons. The van der Waals surface area contributed by atoms with Crippen LogP contribution in [0.15, 0.2) is 59.5 Å². The summed E-state index contributed by atoms with van der Waals surface area (Å²) in [5.74, 6) is 0.756. The second kappa shape index (κ2) is 8.66. The molecule has 1 aromatic heterocycles. The quantitative estimate of drug-likeness (QED) is 0.604. The SMILES string of the molecule is COc1ccc(N(C)S(=O)(=O)c2cccc(C(=O)Nc3cc(C)nn3C(C)(C)C)c2)cc1. The topological polar surface area (TPSA) is 93.5 Å². The molecule has 3 aromatic rings. The van der Waals surface area contributed by atoms with Crippen LogP contribution in [0.1, 0.15) is 36.8 Å². The molecule has 0 saturated carbocycles. The van der Waals surface area contributed by atoms with Gasteiger partial charge in [0.2, 0.25) is 0 Å². The number of sulfonamides is 1. The number of methoxy groups -OCH3 is 1.